The molecule has 4 heteroatoms. The van der Waals surface area contributed by atoms with Gasteiger partial charge in [-0.15, -0.1) is 0 Å². The molecule has 2 atom stereocenters. The van der Waals surface area contributed by atoms with Crippen molar-refractivity contribution in [3.05, 3.63) is 53.4 Å². The van der Waals surface area contributed by atoms with Gasteiger partial charge in [0.25, 0.3) is 0 Å². The van der Waals surface area contributed by atoms with Gasteiger partial charge in [-0.1, -0.05) is 29.4 Å². The average molecular weight is 221 g/mol. The number of hydrogen-bond acceptors (Lipinski definition) is 3. The summed E-state index contributed by atoms with van der Waals surface area (Å²) in [5.41, 5.74) is 1.51. The van der Waals surface area contributed by atoms with Gasteiger partial charge in [0.1, 0.15) is 12.0 Å². The van der Waals surface area contributed by atoms with Crippen LogP contribution in [0.4, 0.5) is 4.39 Å². The molecule has 0 amide bonds. The van der Waals surface area contributed by atoms with Crippen LogP contribution in [0, 0.1) is 0 Å². The standard InChI is InChI=1S/C12H12FNO2/c1-8(15)9-2-4-10(5-3-9)12(13)11-6-7-16-14-11/h2-8,12,15H,1H3. The number of nitrogens with zero attached hydrogens (tertiary/aromatic N) is 1. The fourth-order valence-corrected chi connectivity index (χ4v) is 1.47. The highest BCUT2D eigenvalue weighted by molar-refractivity contribution is 5.29. The molecule has 1 heterocycles. The molecular formula is C12H12FNO2. The number of rotatable bonds is 3. The summed E-state index contributed by atoms with van der Waals surface area (Å²) in [6, 6.07) is 8.18. The van der Waals surface area contributed by atoms with Gasteiger partial charge < -0.3 is 9.63 Å². The predicted octanol–water partition coefficient (Wildman–Crippen LogP) is 2.79. The molecule has 2 aromatic rings. The highest BCUT2D eigenvalue weighted by atomic mass is 19.1. The van der Waals surface area contributed by atoms with Crippen LogP contribution in [0.1, 0.15) is 36.0 Å². The van der Waals surface area contributed by atoms with Crippen LogP contribution < -0.4 is 0 Å². The Morgan fingerprint density at radius 3 is 2.31 bits per heavy atom. The number of aliphatic hydroxyl groups excluding tert-OH is 1. The van der Waals surface area contributed by atoms with Gasteiger partial charge in [0, 0.05) is 6.07 Å². The van der Waals surface area contributed by atoms with E-state index in [-0.39, 0.29) is 5.69 Å². The summed E-state index contributed by atoms with van der Waals surface area (Å²) < 4.78 is 18.4. The summed E-state index contributed by atoms with van der Waals surface area (Å²) in [5.74, 6) is 0. The Kier molecular flexibility index (Phi) is 3.01. The number of aromatic nitrogens is 1. The molecule has 0 saturated carbocycles. The third-order valence-electron chi connectivity index (χ3n) is 2.43. The molecule has 0 aliphatic rings. The van der Waals surface area contributed by atoms with E-state index in [1.807, 2.05) is 0 Å². The molecule has 0 bridgehead atoms. The van der Waals surface area contributed by atoms with Crippen molar-refractivity contribution in [2.24, 2.45) is 0 Å². The quantitative estimate of drug-likeness (QED) is 0.866. The van der Waals surface area contributed by atoms with E-state index in [2.05, 4.69) is 9.68 Å². The lowest BCUT2D eigenvalue weighted by atomic mass is 10.0. The number of alkyl halides is 1. The molecule has 3 nitrogen and oxygen atoms in total. The summed E-state index contributed by atoms with van der Waals surface area (Å²) in [5, 5.41) is 12.9. The van der Waals surface area contributed by atoms with Crippen LogP contribution in [0.3, 0.4) is 0 Å². The molecule has 1 aromatic heterocycles. The van der Waals surface area contributed by atoms with E-state index in [0.717, 1.165) is 5.56 Å². The van der Waals surface area contributed by atoms with E-state index >= 15 is 0 Å². The fourth-order valence-electron chi connectivity index (χ4n) is 1.47. The summed E-state index contributed by atoms with van der Waals surface area (Å²) >= 11 is 0. The zero-order valence-corrected chi connectivity index (χ0v) is 8.80. The third-order valence-corrected chi connectivity index (χ3v) is 2.43. The van der Waals surface area contributed by atoms with Crippen LogP contribution >= 0.6 is 0 Å². The van der Waals surface area contributed by atoms with Crippen molar-refractivity contribution in [2.75, 3.05) is 0 Å². The molecule has 1 aromatic carbocycles. The summed E-state index contributed by atoms with van der Waals surface area (Å²) in [6.07, 6.45) is -0.493. The van der Waals surface area contributed by atoms with E-state index in [4.69, 9.17) is 0 Å². The zero-order chi connectivity index (χ0) is 11.5. The van der Waals surface area contributed by atoms with E-state index in [0.29, 0.717) is 5.56 Å². The summed E-state index contributed by atoms with van der Waals surface area (Å²) in [7, 11) is 0. The van der Waals surface area contributed by atoms with Crippen LogP contribution in [0.5, 0.6) is 0 Å². The lowest BCUT2D eigenvalue weighted by molar-refractivity contribution is 0.199. The first kappa shape index (κ1) is 10.8. The molecule has 0 aliphatic heterocycles. The highest BCUT2D eigenvalue weighted by Crippen LogP contribution is 2.25. The second-order valence-electron chi connectivity index (χ2n) is 3.63. The van der Waals surface area contributed by atoms with Crippen molar-refractivity contribution in [3.8, 4) is 0 Å². The van der Waals surface area contributed by atoms with Gasteiger partial charge >= 0.3 is 0 Å². The topological polar surface area (TPSA) is 46.3 Å². The van der Waals surface area contributed by atoms with Gasteiger partial charge in [-0.2, -0.15) is 0 Å². The molecular weight excluding hydrogens is 209 g/mol. The maximum Gasteiger partial charge on any atom is 0.170 e. The SMILES string of the molecule is CC(O)c1ccc(C(F)c2ccon2)cc1. The monoisotopic (exact) mass is 221 g/mol. The summed E-state index contributed by atoms with van der Waals surface area (Å²) in [4.78, 5) is 0. The molecule has 84 valence electrons. The fraction of sp³-hybridized carbons (Fsp3) is 0.250. The van der Waals surface area contributed by atoms with Gasteiger partial charge in [-0.3, -0.25) is 0 Å². The highest BCUT2D eigenvalue weighted by Gasteiger charge is 2.15. The number of halogens is 1. The normalized spacial score (nSPS) is 14.7. The van der Waals surface area contributed by atoms with E-state index in [1.165, 1.54) is 12.3 Å². The first-order valence-corrected chi connectivity index (χ1v) is 5.01. The largest absolute Gasteiger partial charge is 0.389 e. The second kappa shape index (κ2) is 4.45. The Bertz CT molecular complexity index is 437. The molecule has 16 heavy (non-hydrogen) atoms. The summed E-state index contributed by atoms with van der Waals surface area (Å²) in [6.45, 7) is 1.67. The van der Waals surface area contributed by atoms with Crippen LogP contribution in [0.15, 0.2) is 41.1 Å². The molecule has 0 saturated heterocycles. The van der Waals surface area contributed by atoms with Gasteiger partial charge in [0.2, 0.25) is 0 Å². The minimum absolute atomic E-state index is 0.254. The minimum atomic E-state index is -1.29. The lowest BCUT2D eigenvalue weighted by Crippen LogP contribution is -1.96. The average Bonchev–Trinajstić information content (AvgIpc) is 2.81. The Balaban J connectivity index is 2.22. The molecule has 0 radical (unpaired) electrons. The maximum atomic E-state index is 13.8. The van der Waals surface area contributed by atoms with Crippen LogP contribution in [0.2, 0.25) is 0 Å². The first-order chi connectivity index (χ1) is 7.68. The Morgan fingerprint density at radius 2 is 1.81 bits per heavy atom. The molecule has 0 fully saturated rings. The van der Waals surface area contributed by atoms with Crippen LogP contribution in [0.25, 0.3) is 0 Å². The molecule has 0 spiro atoms. The van der Waals surface area contributed by atoms with Gasteiger partial charge in [-0.05, 0) is 18.1 Å². The van der Waals surface area contributed by atoms with E-state index < -0.39 is 12.3 Å². The van der Waals surface area contributed by atoms with Crippen molar-refractivity contribution >= 4 is 0 Å². The van der Waals surface area contributed by atoms with Crippen LogP contribution in [-0.2, 0) is 0 Å². The van der Waals surface area contributed by atoms with E-state index in [1.54, 1.807) is 31.2 Å². The number of benzene rings is 1. The van der Waals surface area contributed by atoms with Crippen molar-refractivity contribution < 1.29 is 14.0 Å². The lowest BCUT2D eigenvalue weighted by Gasteiger charge is -2.08. The maximum absolute atomic E-state index is 13.8. The Labute approximate surface area is 92.5 Å². The zero-order valence-electron chi connectivity index (χ0n) is 8.80. The Hall–Kier alpha value is -1.68. The smallest absolute Gasteiger partial charge is 0.170 e. The minimum Gasteiger partial charge on any atom is -0.389 e. The van der Waals surface area contributed by atoms with Crippen molar-refractivity contribution in [1.82, 2.24) is 5.16 Å². The number of hydrogen-bond donors (Lipinski definition) is 1. The molecule has 1 N–H and O–H groups in total. The molecule has 0 aliphatic carbocycles. The Morgan fingerprint density at radius 1 is 1.19 bits per heavy atom. The predicted molar refractivity (Wildman–Crippen MR) is 56.5 cm³/mol. The van der Waals surface area contributed by atoms with E-state index in [9.17, 15) is 9.50 Å². The van der Waals surface area contributed by atoms with Crippen molar-refractivity contribution in [2.45, 2.75) is 19.2 Å². The van der Waals surface area contributed by atoms with Crippen molar-refractivity contribution in [3.63, 3.8) is 0 Å². The van der Waals surface area contributed by atoms with Gasteiger partial charge in [-0.25, -0.2) is 4.39 Å². The molecule has 2 rings (SSSR count). The molecule has 2 unspecified atom stereocenters. The van der Waals surface area contributed by atoms with Gasteiger partial charge in [0.05, 0.1) is 6.10 Å². The van der Waals surface area contributed by atoms with Crippen molar-refractivity contribution in [1.29, 1.82) is 0 Å². The second-order valence-corrected chi connectivity index (χ2v) is 3.63. The first-order valence-electron chi connectivity index (χ1n) is 5.01. The van der Waals surface area contributed by atoms with Crippen LogP contribution in [-0.4, -0.2) is 10.3 Å². The third kappa shape index (κ3) is 2.12. The number of aliphatic hydroxyl groups is 1. The van der Waals surface area contributed by atoms with Gasteiger partial charge in [0.15, 0.2) is 6.17 Å².